The normalized spacial score (nSPS) is 14.4. The van der Waals surface area contributed by atoms with E-state index in [0.717, 1.165) is 17.5 Å². The van der Waals surface area contributed by atoms with Gasteiger partial charge in [0.05, 0.1) is 5.56 Å². The average molecular weight is 374 g/mol. The Labute approximate surface area is 151 Å². The van der Waals surface area contributed by atoms with E-state index in [0.29, 0.717) is 11.3 Å². The zero-order valence-corrected chi connectivity index (χ0v) is 14.0. The number of aromatic nitrogens is 2. The molecule has 138 valence electrons. The van der Waals surface area contributed by atoms with Crippen molar-refractivity contribution in [3.8, 4) is 11.6 Å². The van der Waals surface area contributed by atoms with Crippen LogP contribution in [0.3, 0.4) is 0 Å². The summed E-state index contributed by atoms with van der Waals surface area (Å²) in [5.41, 5.74) is -2.17. The molecular formula is C19H13F3N2O3. The highest BCUT2D eigenvalue weighted by Crippen LogP contribution is 2.35. The van der Waals surface area contributed by atoms with Gasteiger partial charge in [-0.2, -0.15) is 18.2 Å². The van der Waals surface area contributed by atoms with Gasteiger partial charge in [-0.05, 0) is 36.8 Å². The smallest absolute Gasteiger partial charge is 0.416 e. The molecule has 0 unspecified atom stereocenters. The SMILES string of the molecule is C[C@@](O)(c1cccc(C(F)(F)F)c1)c1nc(-c2cc3ccccc3o2)no1. The number of hydrogen-bond acceptors (Lipinski definition) is 5. The lowest BCUT2D eigenvalue weighted by atomic mass is 9.94. The zero-order chi connectivity index (χ0) is 19.2. The predicted octanol–water partition coefficient (Wildman–Crippen LogP) is 4.76. The van der Waals surface area contributed by atoms with Gasteiger partial charge in [0.25, 0.3) is 5.89 Å². The van der Waals surface area contributed by atoms with Crippen LogP contribution in [0, 0.1) is 0 Å². The Morgan fingerprint density at radius 2 is 1.70 bits per heavy atom. The molecule has 1 N–H and O–H groups in total. The summed E-state index contributed by atoms with van der Waals surface area (Å²) in [6.45, 7) is 1.29. The maximum atomic E-state index is 12.9. The first-order chi connectivity index (χ1) is 12.7. The Bertz CT molecular complexity index is 1080. The topological polar surface area (TPSA) is 72.3 Å². The molecule has 0 amide bonds. The van der Waals surface area contributed by atoms with Crippen LogP contribution in [-0.2, 0) is 11.8 Å². The fourth-order valence-electron chi connectivity index (χ4n) is 2.74. The highest BCUT2D eigenvalue weighted by atomic mass is 19.4. The lowest BCUT2D eigenvalue weighted by Crippen LogP contribution is -2.24. The second-order valence-electron chi connectivity index (χ2n) is 6.22. The van der Waals surface area contributed by atoms with Crippen LogP contribution in [0.25, 0.3) is 22.6 Å². The summed E-state index contributed by atoms with van der Waals surface area (Å²) in [6, 6.07) is 13.4. The summed E-state index contributed by atoms with van der Waals surface area (Å²) >= 11 is 0. The molecule has 27 heavy (non-hydrogen) atoms. The molecule has 8 heteroatoms. The fraction of sp³-hybridized carbons (Fsp3) is 0.158. The summed E-state index contributed by atoms with van der Waals surface area (Å²) in [4.78, 5) is 4.11. The number of aliphatic hydroxyl groups is 1. The zero-order valence-electron chi connectivity index (χ0n) is 14.0. The Morgan fingerprint density at radius 1 is 0.963 bits per heavy atom. The van der Waals surface area contributed by atoms with Crippen LogP contribution >= 0.6 is 0 Å². The van der Waals surface area contributed by atoms with Gasteiger partial charge in [0.1, 0.15) is 5.58 Å². The van der Waals surface area contributed by atoms with Crippen LogP contribution in [0.4, 0.5) is 13.2 Å². The lowest BCUT2D eigenvalue weighted by molar-refractivity contribution is -0.137. The van der Waals surface area contributed by atoms with Crippen molar-refractivity contribution in [2.24, 2.45) is 0 Å². The van der Waals surface area contributed by atoms with Gasteiger partial charge < -0.3 is 14.0 Å². The minimum Gasteiger partial charge on any atom is -0.453 e. The van der Waals surface area contributed by atoms with Crippen LogP contribution in [0.2, 0.25) is 0 Å². The number of furan rings is 1. The number of rotatable bonds is 3. The van der Waals surface area contributed by atoms with Crippen molar-refractivity contribution in [2.75, 3.05) is 0 Å². The Kier molecular flexibility index (Phi) is 3.81. The largest absolute Gasteiger partial charge is 0.453 e. The van der Waals surface area contributed by atoms with E-state index in [1.807, 2.05) is 18.2 Å². The third-order valence-corrected chi connectivity index (χ3v) is 4.24. The molecule has 0 aliphatic heterocycles. The van der Waals surface area contributed by atoms with Gasteiger partial charge in [0.2, 0.25) is 5.82 Å². The number of nitrogens with zero attached hydrogens (tertiary/aromatic N) is 2. The lowest BCUT2D eigenvalue weighted by Gasteiger charge is -2.20. The molecular weight excluding hydrogens is 361 g/mol. The standard InChI is InChI=1S/C19H13F3N2O3/c1-18(25,12-6-4-7-13(10-12)19(20,21)22)17-23-16(24-27-17)15-9-11-5-2-3-8-14(11)26-15/h2-10,25H,1H3/t18-/m1/s1. The predicted molar refractivity (Wildman–Crippen MR) is 89.6 cm³/mol. The van der Waals surface area contributed by atoms with Crippen LogP contribution in [0.1, 0.15) is 23.9 Å². The molecule has 0 radical (unpaired) electrons. The van der Waals surface area contributed by atoms with Gasteiger partial charge in [-0.15, -0.1) is 0 Å². The fourth-order valence-corrected chi connectivity index (χ4v) is 2.74. The van der Waals surface area contributed by atoms with Crippen molar-refractivity contribution in [2.45, 2.75) is 18.7 Å². The van der Waals surface area contributed by atoms with Gasteiger partial charge in [0.15, 0.2) is 11.4 Å². The van der Waals surface area contributed by atoms with Gasteiger partial charge >= 0.3 is 6.18 Å². The highest BCUT2D eigenvalue weighted by Gasteiger charge is 2.36. The highest BCUT2D eigenvalue weighted by molar-refractivity contribution is 5.81. The Morgan fingerprint density at radius 3 is 2.44 bits per heavy atom. The Balaban J connectivity index is 1.71. The van der Waals surface area contributed by atoms with E-state index in [2.05, 4.69) is 10.1 Å². The molecule has 1 atom stereocenters. The third kappa shape index (κ3) is 3.08. The van der Waals surface area contributed by atoms with Crippen LogP contribution in [0.15, 0.2) is 63.5 Å². The van der Waals surface area contributed by atoms with Crippen molar-refractivity contribution in [3.05, 3.63) is 71.6 Å². The number of halogens is 3. The van der Waals surface area contributed by atoms with Crippen LogP contribution in [0.5, 0.6) is 0 Å². The summed E-state index contributed by atoms with van der Waals surface area (Å²) in [7, 11) is 0. The van der Waals surface area contributed by atoms with E-state index in [4.69, 9.17) is 8.94 Å². The molecule has 0 spiro atoms. The number of fused-ring (bicyclic) bond motifs is 1. The summed E-state index contributed by atoms with van der Waals surface area (Å²) in [5.74, 6) is 0.178. The van der Waals surface area contributed by atoms with Gasteiger partial charge in [-0.1, -0.05) is 35.5 Å². The number of benzene rings is 2. The quantitative estimate of drug-likeness (QED) is 0.560. The minimum absolute atomic E-state index is 0.0165. The summed E-state index contributed by atoms with van der Waals surface area (Å²) < 4.78 is 49.6. The maximum Gasteiger partial charge on any atom is 0.416 e. The Hall–Kier alpha value is -3.13. The van der Waals surface area contributed by atoms with Crippen molar-refractivity contribution in [1.29, 1.82) is 0 Å². The molecule has 4 aromatic rings. The molecule has 5 nitrogen and oxygen atoms in total. The molecule has 0 fully saturated rings. The van der Waals surface area contributed by atoms with Crippen molar-refractivity contribution in [1.82, 2.24) is 10.1 Å². The van der Waals surface area contributed by atoms with E-state index in [9.17, 15) is 18.3 Å². The molecule has 2 aromatic carbocycles. The van der Waals surface area contributed by atoms with Gasteiger partial charge in [-0.3, -0.25) is 0 Å². The van der Waals surface area contributed by atoms with E-state index in [1.54, 1.807) is 12.1 Å². The third-order valence-electron chi connectivity index (χ3n) is 4.24. The second kappa shape index (κ2) is 5.95. The number of hydrogen-bond donors (Lipinski definition) is 1. The van der Waals surface area contributed by atoms with Crippen molar-refractivity contribution in [3.63, 3.8) is 0 Å². The minimum atomic E-state index is -4.53. The van der Waals surface area contributed by atoms with Crippen LogP contribution in [-0.4, -0.2) is 15.2 Å². The molecule has 0 aliphatic rings. The summed E-state index contributed by atoms with van der Waals surface area (Å²) in [5, 5.41) is 15.4. The number of alkyl halides is 3. The molecule has 0 bridgehead atoms. The second-order valence-corrected chi connectivity index (χ2v) is 6.22. The monoisotopic (exact) mass is 374 g/mol. The summed E-state index contributed by atoms with van der Waals surface area (Å²) in [6.07, 6.45) is -4.53. The van der Waals surface area contributed by atoms with E-state index >= 15 is 0 Å². The van der Waals surface area contributed by atoms with Crippen molar-refractivity contribution < 1.29 is 27.2 Å². The van der Waals surface area contributed by atoms with E-state index in [1.165, 1.54) is 19.1 Å². The van der Waals surface area contributed by atoms with Crippen LogP contribution < -0.4 is 0 Å². The molecule has 2 aromatic heterocycles. The van der Waals surface area contributed by atoms with E-state index in [-0.39, 0.29) is 17.3 Å². The van der Waals surface area contributed by atoms with Gasteiger partial charge in [0, 0.05) is 5.39 Å². The molecule has 4 rings (SSSR count). The maximum absolute atomic E-state index is 12.9. The van der Waals surface area contributed by atoms with Crippen molar-refractivity contribution >= 4 is 11.0 Å². The molecule has 0 aliphatic carbocycles. The first-order valence-electron chi connectivity index (χ1n) is 7.98. The molecule has 0 saturated carbocycles. The molecule has 2 heterocycles. The molecule has 0 saturated heterocycles. The number of para-hydroxylation sites is 1. The van der Waals surface area contributed by atoms with Gasteiger partial charge in [-0.25, -0.2) is 0 Å². The first-order valence-corrected chi connectivity index (χ1v) is 7.98. The first kappa shape index (κ1) is 17.3. The van der Waals surface area contributed by atoms with E-state index < -0.39 is 17.3 Å². The average Bonchev–Trinajstić information content (AvgIpc) is 3.28.